The van der Waals surface area contributed by atoms with Gasteiger partial charge in [-0.2, -0.15) is 0 Å². The minimum absolute atomic E-state index is 0.148. The third kappa shape index (κ3) is 3.94. The van der Waals surface area contributed by atoms with Gasteiger partial charge < -0.3 is 15.5 Å². The fourth-order valence-corrected chi connectivity index (χ4v) is 1.70. The molecule has 1 amide bonds. The Hall–Kier alpha value is -0.980. The largest absolute Gasteiger partial charge is 0.390 e. The minimum Gasteiger partial charge on any atom is -0.390 e. The summed E-state index contributed by atoms with van der Waals surface area (Å²) in [5.74, 6) is -0.148. The first-order chi connectivity index (χ1) is 7.11. The number of nitrogens with one attached hydrogen (secondary N) is 1. The molecule has 15 heavy (non-hydrogen) atoms. The smallest absolute Gasteiger partial charge is 0.216 e. The van der Waals surface area contributed by atoms with Crippen LogP contribution in [0.15, 0.2) is 10.9 Å². The van der Waals surface area contributed by atoms with E-state index in [1.54, 1.807) is 10.9 Å². The summed E-state index contributed by atoms with van der Waals surface area (Å²) in [6.45, 7) is 1.75. The van der Waals surface area contributed by atoms with Crippen LogP contribution in [0.1, 0.15) is 25.1 Å². The van der Waals surface area contributed by atoms with Crippen LogP contribution in [0.25, 0.3) is 0 Å². The van der Waals surface area contributed by atoms with Gasteiger partial charge >= 0.3 is 0 Å². The number of amides is 1. The Bertz CT molecular complexity index is 302. The summed E-state index contributed by atoms with van der Waals surface area (Å²) in [5, 5.41) is 23.4. The van der Waals surface area contributed by atoms with Crippen LogP contribution in [-0.2, 0) is 4.79 Å². The van der Waals surface area contributed by atoms with Crippen LogP contribution >= 0.6 is 11.3 Å². The van der Waals surface area contributed by atoms with E-state index in [4.69, 9.17) is 0 Å². The van der Waals surface area contributed by atoms with Gasteiger partial charge in [-0.1, -0.05) is 0 Å². The van der Waals surface area contributed by atoms with Crippen LogP contribution < -0.4 is 5.32 Å². The van der Waals surface area contributed by atoms with E-state index in [2.05, 4.69) is 10.3 Å². The molecule has 0 bridgehead atoms. The molecule has 6 heteroatoms. The Kier molecular flexibility index (Phi) is 4.67. The number of rotatable bonds is 5. The van der Waals surface area contributed by atoms with Gasteiger partial charge in [0.1, 0.15) is 6.10 Å². The van der Waals surface area contributed by atoms with Crippen LogP contribution in [0.3, 0.4) is 0 Å². The van der Waals surface area contributed by atoms with Gasteiger partial charge in [0.15, 0.2) is 0 Å². The fraction of sp³-hybridized carbons (Fsp3) is 0.556. The predicted octanol–water partition coefficient (Wildman–Crippen LogP) is 0.0636. The molecule has 0 aliphatic carbocycles. The standard InChI is InChI=1S/C9H14N2O3S/c1-6(12)10-3-2-8(13)9(14)7-4-15-5-11-7/h4-5,8-9,13-14H,2-3H2,1H3,(H,10,12). The lowest BCUT2D eigenvalue weighted by atomic mass is 10.1. The number of aromatic nitrogens is 1. The number of thiazole rings is 1. The minimum atomic E-state index is -0.981. The number of aliphatic hydroxyl groups is 2. The zero-order chi connectivity index (χ0) is 11.3. The summed E-state index contributed by atoms with van der Waals surface area (Å²) < 4.78 is 0. The van der Waals surface area contributed by atoms with E-state index in [0.29, 0.717) is 18.7 Å². The summed E-state index contributed by atoms with van der Waals surface area (Å²) >= 11 is 1.36. The van der Waals surface area contributed by atoms with Gasteiger partial charge in [0.25, 0.3) is 0 Å². The highest BCUT2D eigenvalue weighted by atomic mass is 32.1. The first kappa shape index (κ1) is 12.1. The molecule has 0 radical (unpaired) electrons. The molecular weight excluding hydrogens is 216 g/mol. The molecule has 0 aliphatic rings. The average Bonchev–Trinajstić information content (AvgIpc) is 2.68. The lowest BCUT2D eigenvalue weighted by Crippen LogP contribution is -2.27. The Balaban J connectivity index is 2.33. The number of carbonyl (C=O) groups excluding carboxylic acids is 1. The Labute approximate surface area is 91.8 Å². The van der Waals surface area contributed by atoms with Crippen LogP contribution in [-0.4, -0.2) is 33.8 Å². The number of nitrogens with zero attached hydrogens (tertiary/aromatic N) is 1. The molecule has 2 atom stereocenters. The molecule has 1 heterocycles. The van der Waals surface area contributed by atoms with Gasteiger partial charge in [-0.3, -0.25) is 4.79 Å². The van der Waals surface area contributed by atoms with Crippen molar-refractivity contribution < 1.29 is 15.0 Å². The van der Waals surface area contributed by atoms with Crippen molar-refractivity contribution in [3.05, 3.63) is 16.6 Å². The summed E-state index contributed by atoms with van der Waals surface area (Å²) in [7, 11) is 0. The van der Waals surface area contributed by atoms with Gasteiger partial charge in [-0.15, -0.1) is 11.3 Å². The zero-order valence-corrected chi connectivity index (χ0v) is 9.20. The Morgan fingerprint density at radius 2 is 2.40 bits per heavy atom. The van der Waals surface area contributed by atoms with E-state index in [-0.39, 0.29) is 5.91 Å². The van der Waals surface area contributed by atoms with Crippen molar-refractivity contribution in [3.63, 3.8) is 0 Å². The van der Waals surface area contributed by atoms with E-state index < -0.39 is 12.2 Å². The fourth-order valence-electron chi connectivity index (χ4n) is 1.12. The molecule has 1 aromatic heterocycles. The monoisotopic (exact) mass is 230 g/mol. The molecule has 0 spiro atoms. The molecule has 0 aromatic carbocycles. The maximum Gasteiger partial charge on any atom is 0.216 e. The van der Waals surface area contributed by atoms with E-state index >= 15 is 0 Å². The van der Waals surface area contributed by atoms with E-state index in [9.17, 15) is 15.0 Å². The van der Waals surface area contributed by atoms with Gasteiger partial charge in [0.2, 0.25) is 5.91 Å². The third-order valence-corrected chi connectivity index (χ3v) is 2.54. The highest BCUT2D eigenvalue weighted by Crippen LogP contribution is 2.18. The summed E-state index contributed by atoms with van der Waals surface area (Å²) in [5.41, 5.74) is 2.06. The second kappa shape index (κ2) is 5.79. The highest BCUT2D eigenvalue weighted by Gasteiger charge is 2.19. The first-order valence-corrected chi connectivity index (χ1v) is 5.54. The molecule has 0 saturated carbocycles. The summed E-state index contributed by atoms with van der Waals surface area (Å²) in [6, 6.07) is 0. The van der Waals surface area contributed by atoms with Crippen LogP contribution in [0.2, 0.25) is 0 Å². The second-order valence-corrected chi connectivity index (χ2v) is 3.92. The average molecular weight is 230 g/mol. The van der Waals surface area contributed by atoms with Gasteiger partial charge in [0.05, 0.1) is 17.3 Å². The number of hydrogen-bond donors (Lipinski definition) is 3. The second-order valence-electron chi connectivity index (χ2n) is 3.20. The lowest BCUT2D eigenvalue weighted by Gasteiger charge is -2.15. The van der Waals surface area contributed by atoms with Gasteiger partial charge in [-0.25, -0.2) is 4.98 Å². The third-order valence-electron chi connectivity index (χ3n) is 1.93. The Morgan fingerprint density at radius 3 is 2.93 bits per heavy atom. The number of hydrogen-bond acceptors (Lipinski definition) is 5. The first-order valence-electron chi connectivity index (χ1n) is 4.60. The SMILES string of the molecule is CC(=O)NCCC(O)C(O)c1cscn1. The molecule has 0 saturated heterocycles. The Morgan fingerprint density at radius 1 is 1.67 bits per heavy atom. The van der Waals surface area contributed by atoms with E-state index in [0.717, 1.165) is 0 Å². The summed E-state index contributed by atoms with van der Waals surface area (Å²) in [4.78, 5) is 14.5. The molecule has 3 N–H and O–H groups in total. The molecule has 1 aromatic rings. The van der Waals surface area contributed by atoms with Gasteiger partial charge in [-0.05, 0) is 6.42 Å². The van der Waals surface area contributed by atoms with Crippen molar-refractivity contribution in [3.8, 4) is 0 Å². The lowest BCUT2D eigenvalue weighted by molar-refractivity contribution is -0.119. The predicted molar refractivity (Wildman–Crippen MR) is 56.4 cm³/mol. The molecular formula is C9H14N2O3S. The van der Waals surface area contributed by atoms with Crippen molar-refractivity contribution in [2.75, 3.05) is 6.54 Å². The molecule has 0 aliphatic heterocycles. The van der Waals surface area contributed by atoms with Crippen molar-refractivity contribution in [1.29, 1.82) is 0 Å². The van der Waals surface area contributed by atoms with Crippen molar-refractivity contribution in [2.24, 2.45) is 0 Å². The van der Waals surface area contributed by atoms with Gasteiger partial charge in [0, 0.05) is 18.8 Å². The molecule has 84 valence electrons. The van der Waals surface area contributed by atoms with Crippen molar-refractivity contribution in [2.45, 2.75) is 25.6 Å². The summed E-state index contributed by atoms with van der Waals surface area (Å²) in [6.07, 6.45) is -1.58. The zero-order valence-electron chi connectivity index (χ0n) is 8.38. The maximum atomic E-state index is 10.6. The topological polar surface area (TPSA) is 82.5 Å². The normalized spacial score (nSPS) is 14.6. The quantitative estimate of drug-likeness (QED) is 0.668. The van der Waals surface area contributed by atoms with Crippen molar-refractivity contribution >= 4 is 17.2 Å². The maximum absolute atomic E-state index is 10.6. The number of carbonyl (C=O) groups is 1. The molecule has 1 rings (SSSR count). The van der Waals surface area contributed by atoms with Crippen molar-refractivity contribution in [1.82, 2.24) is 10.3 Å². The molecule has 5 nitrogen and oxygen atoms in total. The van der Waals surface area contributed by atoms with E-state index in [1.165, 1.54) is 18.3 Å². The highest BCUT2D eigenvalue weighted by molar-refractivity contribution is 7.07. The van der Waals surface area contributed by atoms with Crippen LogP contribution in [0.5, 0.6) is 0 Å². The number of aliphatic hydroxyl groups excluding tert-OH is 2. The molecule has 2 unspecified atom stereocenters. The van der Waals surface area contributed by atoms with E-state index in [1.807, 2.05) is 0 Å². The van der Waals surface area contributed by atoms with Crippen LogP contribution in [0, 0.1) is 0 Å². The molecule has 0 fully saturated rings. The van der Waals surface area contributed by atoms with Crippen LogP contribution in [0.4, 0.5) is 0 Å².